The molecule has 0 aliphatic heterocycles. The maximum absolute atomic E-state index is 12.5. The second-order valence-electron chi connectivity index (χ2n) is 7.09. The van der Waals surface area contributed by atoms with E-state index in [9.17, 15) is 22.8 Å². The highest BCUT2D eigenvalue weighted by molar-refractivity contribution is 7.90. The number of nitrogens with one attached hydrogen (secondary N) is 1. The number of sulfonamides is 1. The standard InChI is InChI=1S/C20H21NO7S/c1-20(2,3)19(24)28-18(23)13-9-11-14(12-10-13)29(25,26)21-17(22)15-7-5-6-8-16(15)27-4/h5-12H,1-4H3,(H,21,22). The largest absolute Gasteiger partial charge is 0.496 e. The Morgan fingerprint density at radius 3 is 2.07 bits per heavy atom. The second-order valence-corrected chi connectivity index (χ2v) is 8.77. The first-order valence-corrected chi connectivity index (χ1v) is 10.0. The van der Waals surface area contributed by atoms with Crippen LogP contribution in [0.4, 0.5) is 0 Å². The molecule has 0 spiro atoms. The van der Waals surface area contributed by atoms with Crippen LogP contribution in [-0.2, 0) is 19.6 Å². The van der Waals surface area contributed by atoms with Crippen LogP contribution >= 0.6 is 0 Å². The lowest BCUT2D eigenvalue weighted by atomic mass is 9.97. The molecule has 154 valence electrons. The Balaban J connectivity index is 2.17. The molecule has 1 amide bonds. The van der Waals surface area contributed by atoms with Gasteiger partial charge in [0.25, 0.3) is 15.9 Å². The van der Waals surface area contributed by atoms with E-state index in [1.54, 1.807) is 32.9 Å². The van der Waals surface area contributed by atoms with E-state index < -0.39 is 33.3 Å². The van der Waals surface area contributed by atoms with Gasteiger partial charge in [-0.25, -0.2) is 17.9 Å². The van der Waals surface area contributed by atoms with Crippen molar-refractivity contribution in [2.45, 2.75) is 25.7 Å². The molecule has 0 saturated heterocycles. The molecule has 2 aromatic carbocycles. The molecule has 0 aromatic heterocycles. The molecular weight excluding hydrogens is 398 g/mol. The van der Waals surface area contributed by atoms with Gasteiger partial charge >= 0.3 is 11.9 Å². The molecule has 0 atom stereocenters. The summed E-state index contributed by atoms with van der Waals surface area (Å²) in [4.78, 5) is 35.9. The minimum absolute atomic E-state index is 0.00222. The van der Waals surface area contributed by atoms with Crippen molar-refractivity contribution in [3.8, 4) is 5.75 Å². The average Bonchev–Trinajstić information content (AvgIpc) is 2.66. The number of ether oxygens (including phenoxy) is 2. The van der Waals surface area contributed by atoms with E-state index in [-0.39, 0.29) is 21.8 Å². The van der Waals surface area contributed by atoms with Gasteiger partial charge in [0, 0.05) is 0 Å². The summed E-state index contributed by atoms with van der Waals surface area (Å²) in [7, 11) is -2.83. The van der Waals surface area contributed by atoms with Gasteiger partial charge in [-0.05, 0) is 57.2 Å². The summed E-state index contributed by atoms with van der Waals surface area (Å²) in [6.45, 7) is 4.80. The Kier molecular flexibility index (Phi) is 6.43. The maximum Gasteiger partial charge on any atom is 0.345 e. The Labute approximate surface area is 168 Å². The molecule has 1 N–H and O–H groups in total. The van der Waals surface area contributed by atoms with E-state index >= 15 is 0 Å². The fourth-order valence-electron chi connectivity index (χ4n) is 2.13. The molecule has 0 bridgehead atoms. The molecular formula is C20H21NO7S. The fraction of sp³-hybridized carbons (Fsp3) is 0.250. The normalized spacial score (nSPS) is 11.4. The third kappa shape index (κ3) is 5.41. The van der Waals surface area contributed by atoms with Crippen LogP contribution < -0.4 is 9.46 Å². The van der Waals surface area contributed by atoms with Crippen molar-refractivity contribution in [3.63, 3.8) is 0 Å². The van der Waals surface area contributed by atoms with Gasteiger partial charge in [-0.2, -0.15) is 0 Å². The first kappa shape index (κ1) is 22.1. The first-order chi connectivity index (χ1) is 13.5. The molecule has 0 unspecified atom stereocenters. The average molecular weight is 419 g/mol. The molecule has 8 nitrogen and oxygen atoms in total. The lowest BCUT2D eigenvalue weighted by Crippen LogP contribution is -2.31. The first-order valence-electron chi connectivity index (χ1n) is 8.52. The highest BCUT2D eigenvalue weighted by atomic mass is 32.2. The van der Waals surface area contributed by atoms with Gasteiger partial charge < -0.3 is 9.47 Å². The fourth-order valence-corrected chi connectivity index (χ4v) is 3.10. The number of para-hydroxylation sites is 1. The van der Waals surface area contributed by atoms with Gasteiger partial charge in [-0.1, -0.05) is 12.1 Å². The summed E-state index contributed by atoms with van der Waals surface area (Å²) in [6, 6.07) is 10.8. The number of methoxy groups -OCH3 is 1. The summed E-state index contributed by atoms with van der Waals surface area (Å²) in [5.74, 6) is -2.24. The van der Waals surface area contributed by atoms with E-state index in [2.05, 4.69) is 0 Å². The molecule has 2 aromatic rings. The Morgan fingerprint density at radius 1 is 0.931 bits per heavy atom. The lowest BCUT2D eigenvalue weighted by molar-refractivity contribution is -0.146. The highest BCUT2D eigenvalue weighted by Crippen LogP contribution is 2.19. The van der Waals surface area contributed by atoms with Crippen LogP contribution in [0.15, 0.2) is 53.4 Å². The second kappa shape index (κ2) is 8.44. The van der Waals surface area contributed by atoms with Crippen LogP contribution in [0, 0.1) is 5.41 Å². The zero-order valence-corrected chi connectivity index (χ0v) is 17.2. The number of benzene rings is 2. The van der Waals surface area contributed by atoms with Gasteiger partial charge in [-0.15, -0.1) is 0 Å². The van der Waals surface area contributed by atoms with Crippen molar-refractivity contribution in [1.82, 2.24) is 4.72 Å². The summed E-state index contributed by atoms with van der Waals surface area (Å²) in [5.41, 5.74) is -0.807. The third-order valence-electron chi connectivity index (χ3n) is 3.78. The third-order valence-corrected chi connectivity index (χ3v) is 5.12. The van der Waals surface area contributed by atoms with E-state index in [0.717, 1.165) is 12.1 Å². The van der Waals surface area contributed by atoms with Gasteiger partial charge in [0.05, 0.1) is 28.5 Å². The molecule has 0 radical (unpaired) electrons. The van der Waals surface area contributed by atoms with Crippen molar-refractivity contribution in [1.29, 1.82) is 0 Å². The van der Waals surface area contributed by atoms with Crippen LogP contribution in [0.25, 0.3) is 0 Å². The topological polar surface area (TPSA) is 116 Å². The number of rotatable bonds is 5. The van der Waals surface area contributed by atoms with Crippen molar-refractivity contribution in [2.24, 2.45) is 5.41 Å². The monoisotopic (exact) mass is 419 g/mol. The molecule has 0 aliphatic rings. The van der Waals surface area contributed by atoms with Gasteiger partial charge in [0.2, 0.25) is 0 Å². The minimum atomic E-state index is -4.20. The lowest BCUT2D eigenvalue weighted by Gasteiger charge is -2.15. The molecule has 9 heteroatoms. The van der Waals surface area contributed by atoms with E-state index in [0.29, 0.717) is 0 Å². The summed E-state index contributed by atoms with van der Waals surface area (Å²) < 4.78 is 36.7. The van der Waals surface area contributed by atoms with Crippen molar-refractivity contribution >= 4 is 27.9 Å². The summed E-state index contributed by atoms with van der Waals surface area (Å²) in [5, 5.41) is 0. The Bertz CT molecular complexity index is 1040. The van der Waals surface area contributed by atoms with Crippen LogP contribution in [-0.4, -0.2) is 33.4 Å². The van der Waals surface area contributed by atoms with Crippen molar-refractivity contribution < 1.29 is 32.3 Å². The van der Waals surface area contributed by atoms with Gasteiger partial charge in [-0.3, -0.25) is 9.59 Å². The van der Waals surface area contributed by atoms with Crippen LogP contribution in [0.2, 0.25) is 0 Å². The Morgan fingerprint density at radius 2 is 1.52 bits per heavy atom. The number of carbonyl (C=O) groups excluding carboxylic acids is 3. The summed E-state index contributed by atoms with van der Waals surface area (Å²) >= 11 is 0. The van der Waals surface area contributed by atoms with Crippen LogP contribution in [0.5, 0.6) is 5.75 Å². The number of hydrogen-bond donors (Lipinski definition) is 1. The molecule has 2 rings (SSSR count). The minimum Gasteiger partial charge on any atom is -0.496 e. The van der Waals surface area contributed by atoms with Crippen LogP contribution in [0.3, 0.4) is 0 Å². The molecule has 0 saturated carbocycles. The number of hydrogen-bond acceptors (Lipinski definition) is 7. The Hall–Kier alpha value is -3.20. The SMILES string of the molecule is COc1ccccc1C(=O)NS(=O)(=O)c1ccc(C(=O)OC(=O)C(C)(C)C)cc1. The quantitative estimate of drug-likeness (QED) is 0.585. The number of carbonyl (C=O) groups is 3. The zero-order chi connectivity index (χ0) is 21.8. The molecule has 0 fully saturated rings. The van der Waals surface area contributed by atoms with Crippen LogP contribution in [0.1, 0.15) is 41.5 Å². The smallest absolute Gasteiger partial charge is 0.345 e. The van der Waals surface area contributed by atoms with E-state index in [1.165, 1.54) is 31.4 Å². The number of esters is 2. The zero-order valence-electron chi connectivity index (χ0n) is 16.4. The highest BCUT2D eigenvalue weighted by Gasteiger charge is 2.27. The van der Waals surface area contributed by atoms with E-state index in [1.807, 2.05) is 4.72 Å². The molecule has 0 aliphatic carbocycles. The predicted molar refractivity (Wildman–Crippen MR) is 104 cm³/mol. The molecule has 0 heterocycles. The van der Waals surface area contributed by atoms with Gasteiger partial charge in [0.1, 0.15) is 5.75 Å². The van der Waals surface area contributed by atoms with Gasteiger partial charge in [0.15, 0.2) is 0 Å². The maximum atomic E-state index is 12.5. The van der Waals surface area contributed by atoms with E-state index in [4.69, 9.17) is 9.47 Å². The number of amides is 1. The van der Waals surface area contributed by atoms with Crippen molar-refractivity contribution in [3.05, 3.63) is 59.7 Å². The molecule has 29 heavy (non-hydrogen) atoms. The summed E-state index contributed by atoms with van der Waals surface area (Å²) in [6.07, 6.45) is 0. The van der Waals surface area contributed by atoms with Crippen molar-refractivity contribution in [2.75, 3.05) is 7.11 Å². The predicted octanol–water partition coefficient (Wildman–Crippen LogP) is 2.54.